The van der Waals surface area contributed by atoms with Crippen LogP contribution in [0.4, 0.5) is 0 Å². The molecule has 0 saturated carbocycles. The minimum absolute atomic E-state index is 0.528. The Bertz CT molecular complexity index is 90.7. The van der Waals surface area contributed by atoms with Crippen molar-refractivity contribution >= 4 is 0 Å². The molecule has 1 saturated heterocycles. The average molecular weight is 127 g/mol. The lowest BCUT2D eigenvalue weighted by Gasteiger charge is -2.28. The molecule has 0 aliphatic carbocycles. The molecular weight excluding hydrogens is 110 g/mol. The predicted octanol–water partition coefficient (Wildman–Crippen LogP) is 1.88. The molecule has 1 aliphatic rings. The Hall–Kier alpha value is -0.0400. The molecule has 1 fully saturated rings. The van der Waals surface area contributed by atoms with Gasteiger partial charge in [-0.25, -0.2) is 0 Å². The van der Waals surface area contributed by atoms with Crippen LogP contribution in [0.5, 0.6) is 0 Å². The fraction of sp³-hybridized carbons (Fsp3) is 1.00. The third kappa shape index (κ3) is 1.26. The molecule has 1 heteroatoms. The molecule has 0 atom stereocenters. The van der Waals surface area contributed by atoms with E-state index in [0.717, 1.165) is 0 Å². The van der Waals surface area contributed by atoms with Crippen molar-refractivity contribution in [2.45, 2.75) is 39.2 Å². The van der Waals surface area contributed by atoms with Crippen molar-refractivity contribution in [3.8, 4) is 0 Å². The summed E-state index contributed by atoms with van der Waals surface area (Å²) in [6, 6.07) is 0. The van der Waals surface area contributed by atoms with E-state index in [4.69, 9.17) is 0 Å². The van der Waals surface area contributed by atoms with E-state index in [2.05, 4.69) is 25.7 Å². The molecular formula is C8H17N. The first-order valence-corrected chi connectivity index (χ1v) is 3.98. The van der Waals surface area contributed by atoms with Crippen LogP contribution in [0.3, 0.4) is 0 Å². The fourth-order valence-electron chi connectivity index (χ4n) is 1.29. The highest BCUT2D eigenvalue weighted by atomic mass is 15.3. The maximum Gasteiger partial charge on any atom is 0.0177 e. The quantitative estimate of drug-likeness (QED) is 0.523. The monoisotopic (exact) mass is 127 g/mol. The van der Waals surface area contributed by atoms with Gasteiger partial charge in [0.1, 0.15) is 0 Å². The maximum atomic E-state index is 2.55. The Labute approximate surface area is 58.0 Å². The van der Waals surface area contributed by atoms with Gasteiger partial charge in [0.05, 0.1) is 0 Å². The number of rotatable bonds is 3. The molecule has 0 aromatic heterocycles. The summed E-state index contributed by atoms with van der Waals surface area (Å²) in [5, 5.41) is 0. The van der Waals surface area contributed by atoms with Gasteiger partial charge in [0.2, 0.25) is 0 Å². The van der Waals surface area contributed by atoms with Gasteiger partial charge in [0, 0.05) is 18.6 Å². The summed E-state index contributed by atoms with van der Waals surface area (Å²) < 4.78 is 0. The number of nitrogens with zero attached hydrogens (tertiary/aromatic N) is 1. The van der Waals surface area contributed by atoms with E-state index < -0.39 is 0 Å². The summed E-state index contributed by atoms with van der Waals surface area (Å²) >= 11 is 0. The zero-order valence-electron chi connectivity index (χ0n) is 6.78. The normalized spacial score (nSPS) is 20.3. The van der Waals surface area contributed by atoms with E-state index >= 15 is 0 Å². The first kappa shape index (κ1) is 7.07. The number of hydrogen-bond donors (Lipinski definition) is 0. The molecule has 0 unspecified atom stereocenters. The van der Waals surface area contributed by atoms with Gasteiger partial charge in [-0.2, -0.15) is 0 Å². The lowest BCUT2D eigenvalue weighted by Crippen LogP contribution is -2.32. The second kappa shape index (κ2) is 2.30. The van der Waals surface area contributed by atoms with E-state index in [0.29, 0.717) is 5.54 Å². The Morgan fingerprint density at radius 2 is 1.67 bits per heavy atom. The first-order valence-electron chi connectivity index (χ1n) is 3.98. The molecule has 0 bridgehead atoms. The first-order chi connectivity index (χ1) is 4.23. The third-order valence-corrected chi connectivity index (χ3v) is 2.73. The van der Waals surface area contributed by atoms with E-state index in [1.165, 1.54) is 25.9 Å². The van der Waals surface area contributed by atoms with Gasteiger partial charge in [0.25, 0.3) is 0 Å². The summed E-state index contributed by atoms with van der Waals surface area (Å²) in [7, 11) is 0. The molecule has 1 nitrogen and oxygen atoms in total. The molecule has 0 amide bonds. The van der Waals surface area contributed by atoms with Gasteiger partial charge < -0.3 is 0 Å². The summed E-state index contributed by atoms with van der Waals surface area (Å²) in [4.78, 5) is 2.55. The second-order valence-corrected chi connectivity index (χ2v) is 3.19. The van der Waals surface area contributed by atoms with Crippen molar-refractivity contribution in [1.29, 1.82) is 0 Å². The van der Waals surface area contributed by atoms with Crippen molar-refractivity contribution in [2.75, 3.05) is 13.1 Å². The van der Waals surface area contributed by atoms with Gasteiger partial charge in [-0.15, -0.1) is 0 Å². The van der Waals surface area contributed by atoms with E-state index in [9.17, 15) is 0 Å². The molecule has 1 rings (SSSR count). The Morgan fingerprint density at radius 1 is 1.22 bits per heavy atom. The molecule has 0 aromatic rings. The molecule has 1 aliphatic heterocycles. The van der Waals surface area contributed by atoms with Crippen LogP contribution in [0.25, 0.3) is 0 Å². The van der Waals surface area contributed by atoms with Crippen LogP contribution in [0, 0.1) is 0 Å². The third-order valence-electron chi connectivity index (χ3n) is 2.73. The van der Waals surface area contributed by atoms with Crippen molar-refractivity contribution < 1.29 is 0 Å². The topological polar surface area (TPSA) is 3.01 Å². The van der Waals surface area contributed by atoms with Crippen LogP contribution in [-0.2, 0) is 0 Å². The SMILES string of the molecule is CCC(C)(CC)N1CC1. The van der Waals surface area contributed by atoms with Crippen LogP contribution in [0.2, 0.25) is 0 Å². The summed E-state index contributed by atoms with van der Waals surface area (Å²) in [5.74, 6) is 0. The molecule has 0 N–H and O–H groups in total. The molecule has 0 aromatic carbocycles. The maximum absolute atomic E-state index is 2.55. The largest absolute Gasteiger partial charge is 0.295 e. The lowest BCUT2D eigenvalue weighted by molar-refractivity contribution is 0.234. The van der Waals surface area contributed by atoms with Gasteiger partial charge in [-0.3, -0.25) is 4.90 Å². The van der Waals surface area contributed by atoms with Crippen molar-refractivity contribution in [2.24, 2.45) is 0 Å². The minimum Gasteiger partial charge on any atom is -0.295 e. The molecule has 54 valence electrons. The van der Waals surface area contributed by atoms with Gasteiger partial charge in [-0.05, 0) is 19.8 Å². The Kier molecular flexibility index (Phi) is 1.80. The molecule has 0 spiro atoms. The van der Waals surface area contributed by atoms with Crippen molar-refractivity contribution in [1.82, 2.24) is 4.90 Å². The van der Waals surface area contributed by atoms with Crippen LogP contribution in [0.15, 0.2) is 0 Å². The fourth-order valence-corrected chi connectivity index (χ4v) is 1.29. The standard InChI is InChI=1S/C8H17N/c1-4-8(3,5-2)9-6-7-9/h4-7H2,1-3H3. The highest BCUT2D eigenvalue weighted by molar-refractivity contribution is 4.91. The average Bonchev–Trinajstić information content (AvgIpc) is 2.68. The summed E-state index contributed by atoms with van der Waals surface area (Å²) in [6.07, 6.45) is 2.59. The van der Waals surface area contributed by atoms with Crippen molar-refractivity contribution in [3.63, 3.8) is 0 Å². The number of hydrogen-bond acceptors (Lipinski definition) is 1. The summed E-state index contributed by atoms with van der Waals surface area (Å²) in [5.41, 5.74) is 0.528. The predicted molar refractivity (Wildman–Crippen MR) is 40.6 cm³/mol. The van der Waals surface area contributed by atoms with E-state index in [-0.39, 0.29) is 0 Å². The summed E-state index contributed by atoms with van der Waals surface area (Å²) in [6.45, 7) is 9.58. The lowest BCUT2D eigenvalue weighted by atomic mass is 9.96. The molecule has 0 radical (unpaired) electrons. The van der Waals surface area contributed by atoms with Crippen molar-refractivity contribution in [3.05, 3.63) is 0 Å². The highest BCUT2D eigenvalue weighted by Gasteiger charge is 2.34. The second-order valence-electron chi connectivity index (χ2n) is 3.19. The van der Waals surface area contributed by atoms with Crippen LogP contribution in [0.1, 0.15) is 33.6 Å². The van der Waals surface area contributed by atoms with E-state index in [1.807, 2.05) is 0 Å². The molecule has 9 heavy (non-hydrogen) atoms. The highest BCUT2D eigenvalue weighted by Crippen LogP contribution is 2.28. The Balaban J connectivity index is 2.43. The van der Waals surface area contributed by atoms with Gasteiger partial charge >= 0.3 is 0 Å². The van der Waals surface area contributed by atoms with Crippen LogP contribution < -0.4 is 0 Å². The minimum atomic E-state index is 0.528. The Morgan fingerprint density at radius 3 is 1.78 bits per heavy atom. The van der Waals surface area contributed by atoms with E-state index in [1.54, 1.807) is 0 Å². The van der Waals surface area contributed by atoms with Crippen LogP contribution in [-0.4, -0.2) is 23.5 Å². The smallest absolute Gasteiger partial charge is 0.0177 e. The molecule has 1 heterocycles. The zero-order chi connectivity index (χ0) is 6.91. The zero-order valence-corrected chi connectivity index (χ0v) is 6.78. The van der Waals surface area contributed by atoms with Crippen LogP contribution >= 0.6 is 0 Å². The van der Waals surface area contributed by atoms with Gasteiger partial charge in [0.15, 0.2) is 0 Å². The van der Waals surface area contributed by atoms with Gasteiger partial charge in [-0.1, -0.05) is 13.8 Å².